The van der Waals surface area contributed by atoms with E-state index in [0.29, 0.717) is 12.3 Å². The minimum atomic E-state index is -0.704. The maximum absolute atomic E-state index is 13.1. The molecule has 28 heavy (non-hydrogen) atoms. The van der Waals surface area contributed by atoms with Crippen molar-refractivity contribution in [3.05, 3.63) is 73.3 Å². The first kappa shape index (κ1) is 19.3. The van der Waals surface area contributed by atoms with Crippen LogP contribution in [0.5, 0.6) is 5.75 Å². The molecule has 1 aliphatic rings. The lowest BCUT2D eigenvalue weighted by molar-refractivity contribution is -0.395. The number of nitro groups is 2. The van der Waals surface area contributed by atoms with Gasteiger partial charge in [-0.15, -0.1) is 0 Å². The highest BCUT2D eigenvalue weighted by Gasteiger charge is 2.33. The fraction of sp³-hybridized carbons (Fsp3) is 0.316. The molecule has 1 amide bonds. The van der Waals surface area contributed by atoms with Gasteiger partial charge in [-0.3, -0.25) is 25.0 Å². The second-order valence-electron chi connectivity index (χ2n) is 6.58. The Balaban J connectivity index is 1.98. The molecule has 3 rings (SSSR count). The molecule has 146 valence electrons. The Hall–Kier alpha value is -3.49. The van der Waals surface area contributed by atoms with E-state index in [1.807, 2.05) is 12.1 Å². The Morgan fingerprint density at radius 3 is 2.18 bits per heavy atom. The van der Waals surface area contributed by atoms with Gasteiger partial charge in [0.15, 0.2) is 0 Å². The first-order chi connectivity index (χ1) is 13.3. The number of hydrogen-bond acceptors (Lipinski definition) is 6. The van der Waals surface area contributed by atoms with Crippen LogP contribution in [-0.4, -0.2) is 34.3 Å². The van der Waals surface area contributed by atoms with Gasteiger partial charge in [-0.05, 0) is 37.5 Å². The summed E-state index contributed by atoms with van der Waals surface area (Å²) in [5.41, 5.74) is -0.0673. The van der Waals surface area contributed by atoms with Crippen molar-refractivity contribution in [2.75, 3.05) is 13.7 Å². The summed E-state index contributed by atoms with van der Waals surface area (Å²) in [6, 6.07) is 9.39. The molecule has 9 nitrogen and oxygen atoms in total. The molecular weight excluding hydrogens is 366 g/mol. The molecular formula is C19H19N3O6. The van der Waals surface area contributed by atoms with Gasteiger partial charge in [0.25, 0.3) is 17.3 Å². The van der Waals surface area contributed by atoms with Crippen molar-refractivity contribution < 1.29 is 19.4 Å². The molecule has 0 radical (unpaired) electrons. The Bertz CT molecular complexity index is 906. The van der Waals surface area contributed by atoms with E-state index >= 15 is 0 Å². The zero-order valence-corrected chi connectivity index (χ0v) is 15.5. The molecule has 0 bridgehead atoms. The Morgan fingerprint density at radius 1 is 1.11 bits per heavy atom. The molecule has 1 aliphatic heterocycles. The molecule has 0 aromatic heterocycles. The predicted octanol–water partition coefficient (Wildman–Crippen LogP) is 3.80. The third-order valence-corrected chi connectivity index (χ3v) is 5.01. The fourth-order valence-electron chi connectivity index (χ4n) is 3.53. The average Bonchev–Trinajstić information content (AvgIpc) is 3.17. The van der Waals surface area contributed by atoms with Crippen LogP contribution in [0.4, 0.5) is 11.4 Å². The van der Waals surface area contributed by atoms with Crippen LogP contribution in [0.2, 0.25) is 0 Å². The van der Waals surface area contributed by atoms with Crippen molar-refractivity contribution in [2.24, 2.45) is 0 Å². The first-order valence-electron chi connectivity index (χ1n) is 8.72. The van der Waals surface area contributed by atoms with Crippen LogP contribution in [0, 0.1) is 27.2 Å². The molecule has 1 heterocycles. The Labute approximate surface area is 160 Å². The molecule has 1 unspecified atom stereocenters. The van der Waals surface area contributed by atoms with E-state index < -0.39 is 27.1 Å². The van der Waals surface area contributed by atoms with E-state index in [9.17, 15) is 25.0 Å². The standard InChI is InChI=1S/C19H19N3O6/c1-12-17(21(24)25)10-14(11-18(12)22(26)27)19(23)20-9-3-4-16(20)13-5-7-15(28-2)8-6-13/h5-8,10-11,16H,3-4,9H2,1-2H3. The number of carbonyl (C=O) groups is 1. The number of hydrogen-bond donors (Lipinski definition) is 0. The molecule has 0 saturated carbocycles. The lowest BCUT2D eigenvalue weighted by Crippen LogP contribution is -2.30. The lowest BCUT2D eigenvalue weighted by atomic mass is 10.0. The number of nitro benzene ring substituents is 2. The van der Waals surface area contributed by atoms with E-state index in [0.717, 1.165) is 30.5 Å². The van der Waals surface area contributed by atoms with E-state index in [-0.39, 0.29) is 17.2 Å². The summed E-state index contributed by atoms with van der Waals surface area (Å²) in [5, 5.41) is 22.6. The van der Waals surface area contributed by atoms with Gasteiger partial charge in [0.05, 0.1) is 28.6 Å². The van der Waals surface area contributed by atoms with Gasteiger partial charge in [0, 0.05) is 18.7 Å². The molecule has 1 fully saturated rings. The van der Waals surface area contributed by atoms with Crippen LogP contribution >= 0.6 is 0 Å². The largest absolute Gasteiger partial charge is 0.497 e. The Morgan fingerprint density at radius 2 is 1.68 bits per heavy atom. The summed E-state index contributed by atoms with van der Waals surface area (Å²) in [6.07, 6.45) is 1.52. The molecule has 2 aromatic carbocycles. The smallest absolute Gasteiger partial charge is 0.279 e. The molecule has 1 atom stereocenters. The van der Waals surface area contributed by atoms with Crippen LogP contribution in [0.1, 0.15) is 40.4 Å². The topological polar surface area (TPSA) is 116 Å². The van der Waals surface area contributed by atoms with Gasteiger partial charge in [-0.25, -0.2) is 0 Å². The third kappa shape index (κ3) is 3.51. The lowest BCUT2D eigenvalue weighted by Gasteiger charge is -2.25. The Kier molecular flexibility index (Phi) is 5.25. The summed E-state index contributed by atoms with van der Waals surface area (Å²) >= 11 is 0. The van der Waals surface area contributed by atoms with Crippen molar-refractivity contribution in [1.29, 1.82) is 0 Å². The maximum atomic E-state index is 13.1. The minimum Gasteiger partial charge on any atom is -0.497 e. The number of nitrogens with zero attached hydrogens (tertiary/aromatic N) is 3. The third-order valence-electron chi connectivity index (χ3n) is 5.01. The number of ether oxygens (including phenoxy) is 1. The van der Waals surface area contributed by atoms with Gasteiger partial charge >= 0.3 is 0 Å². The van der Waals surface area contributed by atoms with Crippen LogP contribution in [-0.2, 0) is 0 Å². The average molecular weight is 385 g/mol. The summed E-state index contributed by atoms with van der Waals surface area (Å²) in [7, 11) is 1.57. The van der Waals surface area contributed by atoms with Gasteiger partial charge in [-0.2, -0.15) is 0 Å². The van der Waals surface area contributed by atoms with E-state index in [1.54, 1.807) is 24.1 Å². The van der Waals surface area contributed by atoms with Crippen LogP contribution in [0.15, 0.2) is 36.4 Å². The molecule has 2 aromatic rings. The summed E-state index contributed by atoms with van der Waals surface area (Å²) in [6.45, 7) is 1.78. The summed E-state index contributed by atoms with van der Waals surface area (Å²) < 4.78 is 5.15. The zero-order valence-electron chi connectivity index (χ0n) is 15.5. The highest BCUT2D eigenvalue weighted by molar-refractivity contribution is 5.96. The highest BCUT2D eigenvalue weighted by atomic mass is 16.6. The van der Waals surface area contributed by atoms with Crippen LogP contribution < -0.4 is 4.74 Å². The van der Waals surface area contributed by atoms with Gasteiger partial charge in [0.1, 0.15) is 11.3 Å². The summed E-state index contributed by atoms with van der Waals surface area (Å²) in [4.78, 5) is 35.8. The maximum Gasteiger partial charge on any atom is 0.279 e. The number of benzene rings is 2. The van der Waals surface area contributed by atoms with Crippen molar-refractivity contribution in [1.82, 2.24) is 4.90 Å². The van der Waals surface area contributed by atoms with Gasteiger partial charge in [0.2, 0.25) is 0 Å². The highest BCUT2D eigenvalue weighted by Crippen LogP contribution is 2.36. The van der Waals surface area contributed by atoms with Crippen LogP contribution in [0.3, 0.4) is 0 Å². The molecule has 0 spiro atoms. The predicted molar refractivity (Wildman–Crippen MR) is 100 cm³/mol. The number of carbonyl (C=O) groups excluding carboxylic acids is 1. The number of rotatable bonds is 5. The van der Waals surface area contributed by atoms with Crippen molar-refractivity contribution >= 4 is 17.3 Å². The molecule has 1 saturated heterocycles. The van der Waals surface area contributed by atoms with Crippen LogP contribution in [0.25, 0.3) is 0 Å². The van der Waals surface area contributed by atoms with E-state index in [1.165, 1.54) is 6.92 Å². The quantitative estimate of drug-likeness (QED) is 0.571. The molecule has 9 heteroatoms. The number of amides is 1. The first-order valence-corrected chi connectivity index (χ1v) is 8.72. The van der Waals surface area contributed by atoms with E-state index in [2.05, 4.69) is 0 Å². The van der Waals surface area contributed by atoms with Crippen molar-refractivity contribution in [3.8, 4) is 5.75 Å². The normalized spacial score (nSPS) is 16.1. The minimum absolute atomic E-state index is 0.0515. The zero-order chi connectivity index (χ0) is 20.4. The fourth-order valence-corrected chi connectivity index (χ4v) is 3.53. The van der Waals surface area contributed by atoms with Crippen molar-refractivity contribution in [3.63, 3.8) is 0 Å². The second-order valence-corrected chi connectivity index (χ2v) is 6.58. The summed E-state index contributed by atoms with van der Waals surface area (Å²) in [5.74, 6) is 0.244. The van der Waals surface area contributed by atoms with E-state index in [4.69, 9.17) is 4.74 Å². The SMILES string of the molecule is COc1ccc(C2CCCN2C(=O)c2cc([N+](=O)[O-])c(C)c([N+](=O)[O-])c2)cc1. The van der Waals surface area contributed by atoms with Crippen molar-refractivity contribution in [2.45, 2.75) is 25.8 Å². The van der Waals surface area contributed by atoms with Gasteiger partial charge < -0.3 is 9.64 Å². The number of methoxy groups -OCH3 is 1. The van der Waals surface area contributed by atoms with Gasteiger partial charge in [-0.1, -0.05) is 12.1 Å². The second kappa shape index (κ2) is 7.63. The monoisotopic (exact) mass is 385 g/mol. The number of likely N-dealkylation sites (tertiary alicyclic amines) is 1. The molecule has 0 N–H and O–H groups in total. The molecule has 0 aliphatic carbocycles.